The average Bonchev–Trinajstić information content (AvgIpc) is 1.57. The molecule has 10 N–H and O–H groups in total. The molecule has 9 aromatic heterocycles. The van der Waals surface area contributed by atoms with Crippen LogP contribution in [0.5, 0.6) is 0 Å². The first-order valence-electron chi connectivity index (χ1n) is 27.7. The molecule has 28 heteroatoms. The lowest BCUT2D eigenvalue weighted by Crippen LogP contribution is -2.21. The van der Waals surface area contributed by atoms with Gasteiger partial charge in [-0.15, -0.1) is 0 Å². The Kier molecular flexibility index (Phi) is 24.7. The van der Waals surface area contributed by atoms with Crippen molar-refractivity contribution in [3.8, 4) is 0 Å². The minimum atomic E-state index is -0.278. The monoisotopic (exact) mass is 1250 g/mol. The largest absolute Gasteiger partial charge is 0.384 e. The molecule has 0 atom stereocenters. The minimum Gasteiger partial charge on any atom is -0.384 e. The zero-order valence-electron chi connectivity index (χ0n) is 52.1. The number of hydrogen-bond acceptors (Lipinski definition) is 21. The van der Waals surface area contributed by atoms with Gasteiger partial charge in [0.25, 0.3) is 35.4 Å². The number of aromatic nitrogens is 9. The van der Waals surface area contributed by atoms with Crippen LogP contribution in [0.25, 0.3) is 0 Å². The number of carbonyl (C=O) groups is 6. The number of anilines is 11. The number of rotatable bonds is 16. The second-order valence-electron chi connectivity index (χ2n) is 20.1. The molecule has 0 aromatic carbocycles. The van der Waals surface area contributed by atoms with Crippen LogP contribution in [-0.2, 0) is 0 Å². The molecule has 0 aliphatic rings. The van der Waals surface area contributed by atoms with Crippen LogP contribution in [0.2, 0.25) is 5.15 Å². The lowest BCUT2D eigenvalue weighted by Gasteiger charge is -2.14. The van der Waals surface area contributed by atoms with Crippen molar-refractivity contribution in [1.82, 2.24) is 75.5 Å². The summed E-state index contributed by atoms with van der Waals surface area (Å²) in [5.41, 5.74) is 14.7. The van der Waals surface area contributed by atoms with Gasteiger partial charge in [-0.3, -0.25) is 28.8 Å². The molecule has 0 bridgehead atoms. The Morgan fingerprint density at radius 1 is 0.374 bits per heavy atom. The molecule has 9 rings (SSSR count). The summed E-state index contributed by atoms with van der Waals surface area (Å²) in [4.78, 5) is 113. The molecule has 470 valence electrons. The second-order valence-corrected chi connectivity index (χ2v) is 20.5. The van der Waals surface area contributed by atoms with Crippen molar-refractivity contribution in [2.45, 2.75) is 20.8 Å². The first kappa shape index (κ1) is 68.4. The fourth-order valence-electron chi connectivity index (χ4n) is 7.70. The van der Waals surface area contributed by atoms with Crippen LogP contribution in [0, 0.1) is 20.8 Å². The number of nitrogens with two attached hydrogens (primary N) is 1. The van der Waals surface area contributed by atoms with Crippen molar-refractivity contribution in [1.29, 1.82) is 0 Å². The first-order valence-corrected chi connectivity index (χ1v) is 28.1. The van der Waals surface area contributed by atoms with Gasteiger partial charge in [-0.2, -0.15) is 0 Å². The summed E-state index contributed by atoms with van der Waals surface area (Å²) >= 11 is 5.87. The molecule has 9 heterocycles. The van der Waals surface area contributed by atoms with Crippen molar-refractivity contribution in [2.24, 2.45) is 0 Å². The molecule has 0 fully saturated rings. The first-order chi connectivity index (χ1) is 43.5. The minimum absolute atomic E-state index is 0.0671. The predicted octanol–water partition coefficient (Wildman–Crippen LogP) is 8.36. The fraction of sp³-hybridized carbons (Fsp3) is 0.190. The van der Waals surface area contributed by atoms with Gasteiger partial charge >= 0.3 is 0 Å². The van der Waals surface area contributed by atoms with Crippen LogP contribution in [0.1, 0.15) is 79.2 Å². The number of amides is 6. The zero-order valence-corrected chi connectivity index (χ0v) is 52.9. The normalized spacial score (nSPS) is 10.1. The van der Waals surface area contributed by atoms with E-state index >= 15 is 0 Å². The van der Waals surface area contributed by atoms with Crippen LogP contribution in [0.3, 0.4) is 0 Å². The molecular weight excluding hydrogens is 1180 g/mol. The third-order valence-corrected chi connectivity index (χ3v) is 12.8. The third-order valence-electron chi connectivity index (χ3n) is 12.6. The summed E-state index contributed by atoms with van der Waals surface area (Å²) < 4.78 is 0. The van der Waals surface area contributed by atoms with Gasteiger partial charge in [0.15, 0.2) is 17.1 Å². The number of hydrogen-bond donors (Lipinski definition) is 9. The van der Waals surface area contributed by atoms with E-state index in [9.17, 15) is 28.8 Å². The van der Waals surface area contributed by atoms with Gasteiger partial charge in [0.1, 0.15) is 34.2 Å². The van der Waals surface area contributed by atoms with Gasteiger partial charge in [-0.05, 0) is 116 Å². The zero-order chi connectivity index (χ0) is 66.3. The third kappa shape index (κ3) is 19.6. The topological polar surface area (TPSA) is 350 Å². The highest BCUT2D eigenvalue weighted by Gasteiger charge is 2.17. The SMILES string of the molecule is CN(C)C(=O)c1ccc(N)nc1.CNC(=O)c1ncccc1Nc1cc(Cl)ncc1C.CNC(=O)c1ncccc1Nc1cc(Nc2ccc(C(=O)N(C)C)cn2)ncc1C.CNC(=O)c1ncccc1Nc1cc(Nc2ccc(C(=O)N(C)C)cn2)ncc1C. The molecule has 6 amide bonds. The highest BCUT2D eigenvalue weighted by atomic mass is 35.5. The summed E-state index contributed by atoms with van der Waals surface area (Å²) in [6.07, 6.45) is 14.3. The van der Waals surface area contributed by atoms with E-state index in [4.69, 9.17) is 17.3 Å². The second kappa shape index (κ2) is 32.8. The van der Waals surface area contributed by atoms with Gasteiger partial charge in [0, 0.05) is 148 Å². The number of aryl methyl sites for hydroxylation is 3. The van der Waals surface area contributed by atoms with E-state index in [0.717, 1.165) is 33.8 Å². The Hall–Kier alpha value is -11.7. The molecule has 0 unspecified atom stereocenters. The standard InChI is InChI=1S/2C21H23N7O2.C13H13ClN4O.C8H11N3O/c2*1-13-11-24-18(27-17-8-7-14(12-25-17)21(30)28(3)4)10-16(13)26-15-6-5-9-23-19(15)20(29)22-2;1-8-7-17-11(14)6-10(8)18-9-4-3-5-16-12(9)13(19)15-2;1-11(2)8(12)6-3-4-7(9)10-5-6/h2*5-12H,1-4H3,(H,22,29)(H2,24,25,26,27);3-7H,1-2H3,(H,15,19)(H,17,18);3-5H,1-2H3,(H2,9,10). The molecular formula is C63H70ClN21O6. The maximum atomic E-state index is 12.1. The van der Waals surface area contributed by atoms with E-state index in [2.05, 4.69) is 87.4 Å². The van der Waals surface area contributed by atoms with Crippen LogP contribution in [0.15, 0.2) is 147 Å². The Morgan fingerprint density at radius 2 is 0.692 bits per heavy atom. The average molecular weight is 1250 g/mol. The summed E-state index contributed by atoms with van der Waals surface area (Å²) in [5, 5.41) is 24.0. The van der Waals surface area contributed by atoms with E-state index < -0.39 is 0 Å². The van der Waals surface area contributed by atoms with Crippen molar-refractivity contribution >= 4 is 110 Å². The summed E-state index contributed by atoms with van der Waals surface area (Å²) in [5.74, 6) is 1.56. The predicted molar refractivity (Wildman–Crippen MR) is 352 cm³/mol. The number of pyridine rings is 9. The number of nitrogen functional groups attached to an aromatic ring is 1. The van der Waals surface area contributed by atoms with E-state index in [1.165, 1.54) is 33.3 Å². The van der Waals surface area contributed by atoms with Crippen LogP contribution in [0.4, 0.5) is 63.2 Å². The van der Waals surface area contributed by atoms with Crippen molar-refractivity contribution in [3.63, 3.8) is 0 Å². The Balaban J connectivity index is 0.000000203. The van der Waals surface area contributed by atoms with Crippen LogP contribution >= 0.6 is 11.6 Å². The molecule has 0 saturated heterocycles. The fourth-order valence-corrected chi connectivity index (χ4v) is 7.85. The summed E-state index contributed by atoms with van der Waals surface area (Å²) in [6, 6.07) is 26.1. The molecule has 0 radical (unpaired) electrons. The van der Waals surface area contributed by atoms with Crippen molar-refractivity contribution in [2.75, 3.05) is 95.7 Å². The highest BCUT2D eigenvalue weighted by Crippen LogP contribution is 2.28. The van der Waals surface area contributed by atoms with E-state index in [-0.39, 0.29) is 35.4 Å². The van der Waals surface area contributed by atoms with E-state index in [0.29, 0.717) is 85.1 Å². The lowest BCUT2D eigenvalue weighted by molar-refractivity contribution is 0.0820. The molecule has 0 spiro atoms. The summed E-state index contributed by atoms with van der Waals surface area (Å²) in [7, 11) is 14.8. The number of nitrogens with one attached hydrogen (secondary N) is 8. The smallest absolute Gasteiger partial charge is 0.271 e. The molecule has 9 aromatic rings. The maximum absolute atomic E-state index is 12.1. The Labute approximate surface area is 531 Å². The molecule has 91 heavy (non-hydrogen) atoms. The van der Waals surface area contributed by atoms with Crippen LogP contribution < -0.4 is 48.3 Å². The molecule has 0 aliphatic heterocycles. The highest BCUT2D eigenvalue weighted by molar-refractivity contribution is 6.29. The van der Waals surface area contributed by atoms with E-state index in [1.807, 2.05) is 32.9 Å². The Bertz CT molecular complexity index is 3830. The number of halogens is 1. The summed E-state index contributed by atoms with van der Waals surface area (Å²) in [6.45, 7) is 5.73. The molecule has 0 aliphatic carbocycles. The molecule has 0 saturated carbocycles. The Morgan fingerprint density at radius 3 is 1.00 bits per heavy atom. The number of carbonyl (C=O) groups excluding carboxylic acids is 6. The number of nitrogens with zero attached hydrogens (tertiary/aromatic N) is 12. The van der Waals surface area contributed by atoms with Gasteiger partial charge in [0.05, 0.1) is 33.8 Å². The van der Waals surface area contributed by atoms with Gasteiger partial charge in [-0.1, -0.05) is 11.6 Å². The van der Waals surface area contributed by atoms with Crippen LogP contribution in [-0.4, -0.2) is 158 Å². The van der Waals surface area contributed by atoms with Crippen molar-refractivity contribution < 1.29 is 28.8 Å². The maximum Gasteiger partial charge on any atom is 0.271 e. The van der Waals surface area contributed by atoms with Gasteiger partial charge < -0.3 is 63.0 Å². The van der Waals surface area contributed by atoms with Gasteiger partial charge in [0.2, 0.25) is 0 Å². The van der Waals surface area contributed by atoms with Crippen molar-refractivity contribution in [3.05, 3.63) is 202 Å². The van der Waals surface area contributed by atoms with Gasteiger partial charge in [-0.25, -0.2) is 44.9 Å². The quantitative estimate of drug-likeness (QED) is 0.0410. The lowest BCUT2D eigenvalue weighted by atomic mass is 10.2. The van der Waals surface area contributed by atoms with E-state index in [1.54, 1.807) is 179 Å². The molecule has 27 nitrogen and oxygen atoms in total.